The van der Waals surface area contributed by atoms with Crippen LogP contribution in [-0.4, -0.2) is 79.3 Å². The van der Waals surface area contributed by atoms with Crippen molar-refractivity contribution in [2.24, 2.45) is 0 Å². The molecule has 3 aliphatic rings. The first kappa shape index (κ1) is 16.6. The molecule has 3 saturated heterocycles. The van der Waals surface area contributed by atoms with Crippen molar-refractivity contribution in [1.29, 1.82) is 0 Å². The van der Waals surface area contributed by atoms with Crippen molar-refractivity contribution >= 4 is 0 Å². The number of hydrogen-bond donors (Lipinski definition) is 0. The Bertz CT molecular complexity index is 487. The molecule has 134 valence electrons. The zero-order valence-corrected chi connectivity index (χ0v) is 14.7. The van der Waals surface area contributed by atoms with Gasteiger partial charge >= 0.3 is 0 Å². The predicted molar refractivity (Wildman–Crippen MR) is 94.0 cm³/mol. The van der Waals surface area contributed by atoms with Crippen LogP contribution in [0.25, 0.3) is 0 Å². The first-order chi connectivity index (χ1) is 11.9. The van der Waals surface area contributed by atoms with Gasteiger partial charge in [-0.1, -0.05) is 0 Å². The highest BCUT2D eigenvalue weighted by atomic mass is 16.5. The Balaban J connectivity index is 1.31. The molecule has 1 aromatic heterocycles. The van der Waals surface area contributed by atoms with Crippen LogP contribution in [0.5, 0.6) is 0 Å². The molecule has 0 N–H and O–H groups in total. The van der Waals surface area contributed by atoms with Crippen LogP contribution in [-0.2, 0) is 11.3 Å². The van der Waals surface area contributed by atoms with Gasteiger partial charge in [0.05, 0.1) is 25.2 Å². The van der Waals surface area contributed by atoms with E-state index < -0.39 is 0 Å². The summed E-state index contributed by atoms with van der Waals surface area (Å²) in [5.41, 5.74) is 1.28. The van der Waals surface area contributed by atoms with E-state index >= 15 is 0 Å². The van der Waals surface area contributed by atoms with Crippen molar-refractivity contribution < 1.29 is 9.15 Å². The molecule has 0 aromatic carbocycles. The molecule has 3 aliphatic heterocycles. The zero-order valence-electron chi connectivity index (χ0n) is 14.7. The Morgan fingerprint density at radius 3 is 2.67 bits per heavy atom. The molecule has 5 nitrogen and oxygen atoms in total. The summed E-state index contributed by atoms with van der Waals surface area (Å²) in [6.45, 7) is 10.4. The number of morpholine rings is 1. The standard InChI is InChI=1S/C19H31N3O2/c1-2-7-20(6-1)10-11-22-12-14-24-19-4-9-21(8-3-18(19)22)15-17-5-13-23-16-17/h5,13,16,18-19H,1-4,6-12,14-15H2/t18-,19-/m1/s1. The lowest BCUT2D eigenvalue weighted by Gasteiger charge is -2.41. The smallest absolute Gasteiger partial charge is 0.0947 e. The maximum absolute atomic E-state index is 6.15. The second-order valence-electron chi connectivity index (χ2n) is 7.55. The first-order valence-corrected chi connectivity index (χ1v) is 9.70. The minimum atomic E-state index is 0.423. The Labute approximate surface area is 145 Å². The van der Waals surface area contributed by atoms with Crippen molar-refractivity contribution in [2.45, 2.75) is 44.4 Å². The summed E-state index contributed by atoms with van der Waals surface area (Å²) in [5.74, 6) is 0. The highest BCUT2D eigenvalue weighted by molar-refractivity contribution is 5.05. The van der Waals surface area contributed by atoms with Gasteiger partial charge in [0.15, 0.2) is 0 Å². The molecule has 0 bridgehead atoms. The van der Waals surface area contributed by atoms with Gasteiger partial charge in [0, 0.05) is 50.9 Å². The molecule has 0 unspecified atom stereocenters. The monoisotopic (exact) mass is 333 g/mol. The highest BCUT2D eigenvalue weighted by Crippen LogP contribution is 2.24. The van der Waals surface area contributed by atoms with Gasteiger partial charge in [-0.3, -0.25) is 9.80 Å². The highest BCUT2D eigenvalue weighted by Gasteiger charge is 2.34. The summed E-state index contributed by atoms with van der Waals surface area (Å²) in [6, 6.07) is 2.69. The Morgan fingerprint density at radius 1 is 0.958 bits per heavy atom. The summed E-state index contributed by atoms with van der Waals surface area (Å²) in [5, 5.41) is 0. The second kappa shape index (κ2) is 8.00. The van der Waals surface area contributed by atoms with E-state index in [1.54, 1.807) is 6.26 Å². The molecule has 1 aromatic rings. The Hall–Kier alpha value is -0.880. The Kier molecular flexibility index (Phi) is 5.53. The SMILES string of the molecule is c1cc(CN2CC[C@@H]3[C@@H](CC2)OCCN3CCN2CCCC2)co1. The number of rotatable bonds is 5. The average Bonchev–Trinajstić information content (AvgIpc) is 3.26. The van der Waals surface area contributed by atoms with Crippen LogP contribution < -0.4 is 0 Å². The molecule has 0 radical (unpaired) electrons. The van der Waals surface area contributed by atoms with Crippen molar-refractivity contribution in [2.75, 3.05) is 52.4 Å². The normalized spacial score (nSPS) is 30.3. The van der Waals surface area contributed by atoms with E-state index in [2.05, 4.69) is 20.8 Å². The summed E-state index contributed by atoms with van der Waals surface area (Å²) >= 11 is 0. The minimum Gasteiger partial charge on any atom is -0.472 e. The molecular weight excluding hydrogens is 302 g/mol. The summed E-state index contributed by atoms with van der Waals surface area (Å²) in [4.78, 5) is 7.91. The van der Waals surface area contributed by atoms with Crippen LogP contribution in [0, 0.1) is 0 Å². The van der Waals surface area contributed by atoms with E-state index in [9.17, 15) is 0 Å². The quantitative estimate of drug-likeness (QED) is 0.823. The van der Waals surface area contributed by atoms with E-state index in [0.717, 1.165) is 39.2 Å². The maximum Gasteiger partial charge on any atom is 0.0947 e. The fourth-order valence-electron chi connectivity index (χ4n) is 4.57. The predicted octanol–water partition coefficient (Wildman–Crippen LogP) is 2.04. The van der Waals surface area contributed by atoms with Crippen molar-refractivity contribution in [3.05, 3.63) is 24.2 Å². The number of fused-ring (bicyclic) bond motifs is 1. The number of nitrogens with zero attached hydrogens (tertiary/aromatic N) is 3. The van der Waals surface area contributed by atoms with Gasteiger partial charge in [0.25, 0.3) is 0 Å². The Morgan fingerprint density at radius 2 is 1.83 bits per heavy atom. The fourth-order valence-corrected chi connectivity index (χ4v) is 4.57. The van der Waals surface area contributed by atoms with E-state index in [1.807, 2.05) is 6.26 Å². The summed E-state index contributed by atoms with van der Waals surface area (Å²) in [6.07, 6.45) is 9.22. The van der Waals surface area contributed by atoms with Gasteiger partial charge in [-0.05, 0) is 44.8 Å². The molecule has 3 fully saturated rings. The average molecular weight is 333 g/mol. The molecule has 5 heteroatoms. The van der Waals surface area contributed by atoms with Crippen LogP contribution >= 0.6 is 0 Å². The van der Waals surface area contributed by atoms with Crippen molar-refractivity contribution in [3.63, 3.8) is 0 Å². The number of ether oxygens (including phenoxy) is 1. The molecule has 0 amide bonds. The molecule has 24 heavy (non-hydrogen) atoms. The lowest BCUT2D eigenvalue weighted by molar-refractivity contribution is -0.0728. The van der Waals surface area contributed by atoms with Crippen LogP contribution in [0.2, 0.25) is 0 Å². The third-order valence-electron chi connectivity index (χ3n) is 5.97. The van der Waals surface area contributed by atoms with Gasteiger partial charge < -0.3 is 14.1 Å². The van der Waals surface area contributed by atoms with Crippen LogP contribution in [0.3, 0.4) is 0 Å². The lowest BCUT2D eigenvalue weighted by atomic mass is 10.0. The molecule has 4 rings (SSSR count). The molecule has 4 heterocycles. The van der Waals surface area contributed by atoms with Crippen LogP contribution in [0.4, 0.5) is 0 Å². The zero-order chi connectivity index (χ0) is 16.2. The van der Waals surface area contributed by atoms with Crippen molar-refractivity contribution in [1.82, 2.24) is 14.7 Å². The summed E-state index contributed by atoms with van der Waals surface area (Å²) in [7, 11) is 0. The van der Waals surface area contributed by atoms with E-state index in [4.69, 9.17) is 9.15 Å². The van der Waals surface area contributed by atoms with E-state index in [-0.39, 0.29) is 0 Å². The van der Waals surface area contributed by atoms with E-state index in [1.165, 1.54) is 51.0 Å². The number of hydrogen-bond acceptors (Lipinski definition) is 5. The van der Waals surface area contributed by atoms with Gasteiger partial charge in [-0.15, -0.1) is 0 Å². The van der Waals surface area contributed by atoms with E-state index in [0.29, 0.717) is 12.1 Å². The largest absolute Gasteiger partial charge is 0.472 e. The molecular formula is C19H31N3O2. The fraction of sp³-hybridized carbons (Fsp3) is 0.789. The topological polar surface area (TPSA) is 32.1 Å². The first-order valence-electron chi connectivity index (χ1n) is 9.70. The van der Waals surface area contributed by atoms with Gasteiger partial charge in [0.2, 0.25) is 0 Å². The number of likely N-dealkylation sites (tertiary alicyclic amines) is 2. The van der Waals surface area contributed by atoms with Gasteiger partial charge in [-0.25, -0.2) is 0 Å². The molecule has 0 saturated carbocycles. The molecule has 0 spiro atoms. The van der Waals surface area contributed by atoms with Crippen LogP contribution in [0.1, 0.15) is 31.2 Å². The van der Waals surface area contributed by atoms with Crippen molar-refractivity contribution in [3.8, 4) is 0 Å². The lowest BCUT2D eigenvalue weighted by Crippen LogP contribution is -2.52. The second-order valence-corrected chi connectivity index (χ2v) is 7.55. The molecule has 2 atom stereocenters. The third-order valence-corrected chi connectivity index (χ3v) is 5.97. The van der Waals surface area contributed by atoms with Gasteiger partial charge in [0.1, 0.15) is 0 Å². The maximum atomic E-state index is 6.15. The minimum absolute atomic E-state index is 0.423. The summed E-state index contributed by atoms with van der Waals surface area (Å²) < 4.78 is 11.4. The van der Waals surface area contributed by atoms with Crippen LogP contribution in [0.15, 0.2) is 23.0 Å². The van der Waals surface area contributed by atoms with Gasteiger partial charge in [-0.2, -0.15) is 0 Å². The number of furan rings is 1. The third kappa shape index (κ3) is 4.02. The molecule has 0 aliphatic carbocycles.